The number of carbonyl (C=O) groups is 1. The normalized spacial score (nSPS) is 41.4. The largest absolute Gasteiger partial charge is 0.393 e. The van der Waals surface area contributed by atoms with E-state index in [2.05, 4.69) is 0 Å². The predicted octanol–water partition coefficient (Wildman–Crippen LogP) is 2.58. The van der Waals surface area contributed by atoms with Crippen LogP contribution in [-0.4, -0.2) is 12.5 Å². The molecular formula is C10H11F3O. The van der Waals surface area contributed by atoms with E-state index >= 15 is 0 Å². The Labute approximate surface area is 80.0 Å². The van der Waals surface area contributed by atoms with Gasteiger partial charge in [0.25, 0.3) is 0 Å². The predicted molar refractivity (Wildman–Crippen MR) is 44.5 cm³/mol. The summed E-state index contributed by atoms with van der Waals surface area (Å²) < 4.78 is 37.9. The summed E-state index contributed by atoms with van der Waals surface area (Å²) in [5.74, 6) is -2.96. The quantitative estimate of drug-likeness (QED) is 0.474. The molecule has 3 rings (SSSR count). The van der Waals surface area contributed by atoms with Crippen LogP contribution in [0.15, 0.2) is 12.2 Å². The van der Waals surface area contributed by atoms with E-state index in [0.29, 0.717) is 12.7 Å². The van der Waals surface area contributed by atoms with Crippen LogP contribution in [0.2, 0.25) is 0 Å². The van der Waals surface area contributed by atoms with Crippen molar-refractivity contribution < 1.29 is 18.0 Å². The molecule has 1 fully saturated rings. The highest BCUT2D eigenvalue weighted by Gasteiger charge is 2.53. The molecule has 1 nitrogen and oxygen atoms in total. The zero-order valence-corrected chi connectivity index (χ0v) is 7.50. The summed E-state index contributed by atoms with van der Waals surface area (Å²) in [6.45, 7) is 0. The minimum absolute atomic E-state index is 0.191. The van der Waals surface area contributed by atoms with Crippen LogP contribution in [0.4, 0.5) is 13.2 Å². The molecule has 3 aliphatic rings. The smallest absolute Gasteiger partial charge is 0.303 e. The van der Waals surface area contributed by atoms with Gasteiger partial charge in [-0.15, -0.1) is 0 Å². The van der Waals surface area contributed by atoms with E-state index in [4.69, 9.17) is 0 Å². The fourth-order valence-corrected chi connectivity index (χ4v) is 2.68. The van der Waals surface area contributed by atoms with Gasteiger partial charge in [-0.2, -0.15) is 13.2 Å². The maximum atomic E-state index is 12.6. The van der Waals surface area contributed by atoms with E-state index in [1.165, 1.54) is 0 Å². The minimum Gasteiger partial charge on any atom is -0.303 e. The van der Waals surface area contributed by atoms with Crippen LogP contribution in [0.1, 0.15) is 12.8 Å². The van der Waals surface area contributed by atoms with Crippen LogP contribution in [0.3, 0.4) is 0 Å². The Morgan fingerprint density at radius 1 is 1.14 bits per heavy atom. The van der Waals surface area contributed by atoms with E-state index in [-0.39, 0.29) is 5.92 Å². The molecule has 0 saturated heterocycles. The molecule has 0 aromatic rings. The fourth-order valence-electron chi connectivity index (χ4n) is 2.68. The maximum Gasteiger partial charge on any atom is 0.393 e. The second kappa shape index (κ2) is 3.11. The van der Waals surface area contributed by atoms with Gasteiger partial charge in [-0.25, -0.2) is 0 Å². The third kappa shape index (κ3) is 1.37. The van der Waals surface area contributed by atoms with Crippen LogP contribution >= 0.6 is 0 Å². The number of hydrogen-bond donors (Lipinski definition) is 0. The molecule has 0 amide bonds. The molecule has 0 spiro atoms. The Morgan fingerprint density at radius 2 is 1.71 bits per heavy atom. The van der Waals surface area contributed by atoms with Gasteiger partial charge in [0.1, 0.15) is 6.29 Å². The average molecular weight is 204 g/mol. The van der Waals surface area contributed by atoms with E-state index in [1.54, 1.807) is 12.2 Å². The molecule has 2 bridgehead atoms. The number of carbonyl (C=O) groups excluding carboxylic acids is 1. The number of halogens is 3. The summed E-state index contributed by atoms with van der Waals surface area (Å²) in [4.78, 5) is 10.7. The molecule has 1 saturated carbocycles. The van der Waals surface area contributed by atoms with E-state index < -0.39 is 23.9 Å². The lowest BCUT2D eigenvalue weighted by molar-refractivity contribution is -0.210. The number of alkyl halides is 3. The number of fused-ring (bicyclic) bond motifs is 2. The van der Waals surface area contributed by atoms with E-state index in [1.807, 2.05) is 0 Å². The molecule has 3 aliphatic carbocycles. The zero-order valence-electron chi connectivity index (χ0n) is 7.50. The summed E-state index contributed by atoms with van der Waals surface area (Å²) in [5.41, 5.74) is 0. The summed E-state index contributed by atoms with van der Waals surface area (Å²) in [6.07, 6.45) is 0.937. The minimum atomic E-state index is -4.24. The van der Waals surface area contributed by atoms with Crippen molar-refractivity contribution in [2.24, 2.45) is 23.7 Å². The molecule has 0 N–H and O–H groups in total. The molecule has 4 heteroatoms. The van der Waals surface area contributed by atoms with Crippen molar-refractivity contribution in [1.82, 2.24) is 0 Å². The fraction of sp³-hybridized carbons (Fsp3) is 0.700. The first kappa shape index (κ1) is 9.74. The summed E-state index contributed by atoms with van der Waals surface area (Å²) in [5, 5.41) is 0. The van der Waals surface area contributed by atoms with Crippen molar-refractivity contribution in [3.05, 3.63) is 12.2 Å². The van der Waals surface area contributed by atoms with Gasteiger partial charge in [0.15, 0.2) is 0 Å². The van der Waals surface area contributed by atoms with Gasteiger partial charge in [-0.1, -0.05) is 12.2 Å². The molecule has 0 heterocycles. The maximum absolute atomic E-state index is 12.6. The zero-order chi connectivity index (χ0) is 10.3. The lowest BCUT2D eigenvalue weighted by Gasteiger charge is -2.43. The second-order valence-electron chi connectivity index (χ2n) is 4.07. The number of allylic oxidation sites excluding steroid dienone is 2. The third-order valence-corrected chi connectivity index (χ3v) is 3.34. The molecule has 4 atom stereocenters. The van der Waals surface area contributed by atoms with Gasteiger partial charge in [0.05, 0.1) is 5.92 Å². The first-order valence-electron chi connectivity index (χ1n) is 4.74. The Kier molecular flexibility index (Phi) is 2.16. The van der Waals surface area contributed by atoms with Crippen molar-refractivity contribution in [2.75, 3.05) is 0 Å². The topological polar surface area (TPSA) is 17.1 Å². The van der Waals surface area contributed by atoms with Gasteiger partial charge in [-0.05, 0) is 24.7 Å². The van der Waals surface area contributed by atoms with E-state index in [9.17, 15) is 18.0 Å². The van der Waals surface area contributed by atoms with Gasteiger partial charge >= 0.3 is 6.18 Å². The second-order valence-corrected chi connectivity index (χ2v) is 4.07. The third-order valence-electron chi connectivity index (χ3n) is 3.34. The van der Waals surface area contributed by atoms with Crippen LogP contribution in [-0.2, 0) is 4.79 Å². The highest BCUT2D eigenvalue weighted by molar-refractivity contribution is 5.56. The molecule has 78 valence electrons. The molecule has 0 aromatic heterocycles. The number of hydrogen-bond acceptors (Lipinski definition) is 1. The Bertz CT molecular complexity index is 269. The van der Waals surface area contributed by atoms with Crippen LogP contribution in [0.5, 0.6) is 0 Å². The van der Waals surface area contributed by atoms with Crippen molar-refractivity contribution in [1.29, 1.82) is 0 Å². The van der Waals surface area contributed by atoms with Gasteiger partial charge in [0, 0.05) is 5.92 Å². The van der Waals surface area contributed by atoms with E-state index in [0.717, 1.165) is 6.42 Å². The van der Waals surface area contributed by atoms with Crippen molar-refractivity contribution in [2.45, 2.75) is 19.0 Å². The lowest BCUT2D eigenvalue weighted by atomic mass is 9.62. The number of aldehydes is 1. The van der Waals surface area contributed by atoms with Crippen LogP contribution < -0.4 is 0 Å². The summed E-state index contributed by atoms with van der Waals surface area (Å²) in [7, 11) is 0. The van der Waals surface area contributed by atoms with Crippen LogP contribution in [0.25, 0.3) is 0 Å². The van der Waals surface area contributed by atoms with Crippen molar-refractivity contribution in [3.8, 4) is 0 Å². The Balaban J connectivity index is 2.31. The highest BCUT2D eigenvalue weighted by atomic mass is 19.4. The van der Waals surface area contributed by atoms with Gasteiger partial charge in [-0.3, -0.25) is 0 Å². The monoisotopic (exact) mass is 204 g/mol. The summed E-state index contributed by atoms with van der Waals surface area (Å²) >= 11 is 0. The van der Waals surface area contributed by atoms with Crippen molar-refractivity contribution >= 4 is 6.29 Å². The summed E-state index contributed by atoms with van der Waals surface area (Å²) in [6, 6.07) is 0. The molecular weight excluding hydrogens is 193 g/mol. The standard InChI is InChI=1S/C10H11F3O/c11-10(12,13)9-7-3-1-6(2-4-7)8(9)5-14/h1,3,5-9H,2,4H2/t6-,7+,8-,9-/m0/s1. The molecule has 14 heavy (non-hydrogen) atoms. The van der Waals surface area contributed by atoms with Gasteiger partial charge in [0.2, 0.25) is 0 Å². The van der Waals surface area contributed by atoms with Crippen LogP contribution in [0, 0.1) is 23.7 Å². The van der Waals surface area contributed by atoms with Gasteiger partial charge < -0.3 is 4.79 Å². The first-order valence-corrected chi connectivity index (χ1v) is 4.74. The highest BCUT2D eigenvalue weighted by Crippen LogP contribution is 2.50. The molecule has 0 radical (unpaired) electrons. The lowest BCUT2D eigenvalue weighted by Crippen LogP contribution is -2.45. The molecule has 0 aliphatic heterocycles. The molecule has 0 unspecified atom stereocenters. The Hall–Kier alpha value is -0.800. The SMILES string of the molecule is O=C[C@@H]1[C@@H](C(F)(F)F)[C@@H]2C=C[C@H]1CC2. The van der Waals surface area contributed by atoms with Crippen molar-refractivity contribution in [3.63, 3.8) is 0 Å². The Morgan fingerprint density at radius 3 is 2.07 bits per heavy atom. The average Bonchev–Trinajstić information content (AvgIpc) is 2.16. The molecule has 0 aromatic carbocycles. The first-order chi connectivity index (χ1) is 6.54. The number of rotatable bonds is 1.